The second-order valence-corrected chi connectivity index (χ2v) is 6.14. The van der Waals surface area contributed by atoms with Crippen LogP contribution in [0.15, 0.2) is 24.3 Å². The summed E-state index contributed by atoms with van der Waals surface area (Å²) in [4.78, 5) is 0. The zero-order chi connectivity index (χ0) is 12.9. The lowest BCUT2D eigenvalue weighted by atomic mass is 9.92. The first kappa shape index (κ1) is 14.2. The van der Waals surface area contributed by atoms with Crippen molar-refractivity contribution in [3.05, 3.63) is 35.4 Å². The van der Waals surface area contributed by atoms with Crippen LogP contribution in [0.25, 0.3) is 0 Å². The van der Waals surface area contributed by atoms with Crippen LogP contribution >= 0.6 is 0 Å². The Labute approximate surface area is 107 Å². The summed E-state index contributed by atoms with van der Waals surface area (Å²) < 4.78 is 0. The van der Waals surface area contributed by atoms with E-state index in [4.69, 9.17) is 0 Å². The molecule has 0 bridgehead atoms. The van der Waals surface area contributed by atoms with E-state index in [0.29, 0.717) is 11.5 Å². The first-order valence-electron chi connectivity index (χ1n) is 6.72. The van der Waals surface area contributed by atoms with E-state index < -0.39 is 0 Å². The van der Waals surface area contributed by atoms with Gasteiger partial charge < -0.3 is 5.32 Å². The molecule has 1 atom stereocenters. The number of nitrogens with one attached hydrogen (secondary N) is 1. The van der Waals surface area contributed by atoms with Crippen LogP contribution in [-0.4, -0.2) is 6.54 Å². The maximum Gasteiger partial charge on any atom is 0.0317 e. The summed E-state index contributed by atoms with van der Waals surface area (Å²) in [7, 11) is 0. The van der Waals surface area contributed by atoms with Crippen LogP contribution in [0.2, 0.25) is 0 Å². The summed E-state index contributed by atoms with van der Waals surface area (Å²) in [6.45, 7) is 12.4. The van der Waals surface area contributed by atoms with Gasteiger partial charge in [0.1, 0.15) is 0 Å². The van der Waals surface area contributed by atoms with Gasteiger partial charge in [-0.25, -0.2) is 0 Å². The minimum absolute atomic E-state index is 0.415. The van der Waals surface area contributed by atoms with Gasteiger partial charge in [-0.05, 0) is 37.3 Å². The van der Waals surface area contributed by atoms with Gasteiger partial charge in [-0.3, -0.25) is 0 Å². The molecule has 1 aromatic carbocycles. The molecular formula is C16H27N. The van der Waals surface area contributed by atoms with Crippen molar-refractivity contribution in [3.8, 4) is 0 Å². The minimum atomic E-state index is 0.415. The van der Waals surface area contributed by atoms with Crippen molar-refractivity contribution in [3.63, 3.8) is 0 Å². The molecule has 0 aliphatic rings. The fourth-order valence-corrected chi connectivity index (χ4v) is 1.92. The monoisotopic (exact) mass is 233 g/mol. The maximum atomic E-state index is 3.66. The Morgan fingerprint density at radius 1 is 1.12 bits per heavy atom. The Kier molecular flexibility index (Phi) is 5.20. The molecule has 1 aromatic rings. The molecule has 0 spiro atoms. The van der Waals surface area contributed by atoms with Gasteiger partial charge >= 0.3 is 0 Å². The highest BCUT2D eigenvalue weighted by molar-refractivity contribution is 5.24. The van der Waals surface area contributed by atoms with E-state index in [1.54, 1.807) is 0 Å². The molecule has 1 rings (SSSR count). The molecule has 1 N–H and O–H groups in total. The molecule has 1 nitrogen and oxygen atoms in total. The van der Waals surface area contributed by atoms with E-state index in [-0.39, 0.29) is 0 Å². The number of benzene rings is 1. The third-order valence-corrected chi connectivity index (χ3v) is 3.15. The highest BCUT2D eigenvalue weighted by atomic mass is 14.9. The SMILES string of the molecule is CCC(NCCC(C)(C)C)c1ccc(C)cc1. The fraction of sp³-hybridized carbons (Fsp3) is 0.625. The van der Waals surface area contributed by atoms with E-state index in [1.165, 1.54) is 17.5 Å². The van der Waals surface area contributed by atoms with Crippen LogP contribution in [0.4, 0.5) is 0 Å². The molecule has 96 valence electrons. The van der Waals surface area contributed by atoms with Crippen LogP contribution in [0.5, 0.6) is 0 Å². The molecule has 0 aliphatic carbocycles. The molecule has 0 fully saturated rings. The molecular weight excluding hydrogens is 206 g/mol. The largest absolute Gasteiger partial charge is 0.310 e. The lowest BCUT2D eigenvalue weighted by Crippen LogP contribution is -2.25. The van der Waals surface area contributed by atoms with E-state index in [0.717, 1.165) is 13.0 Å². The molecule has 0 radical (unpaired) electrons. The molecule has 0 heterocycles. The molecule has 1 heteroatoms. The Bertz CT molecular complexity index is 318. The van der Waals surface area contributed by atoms with E-state index in [9.17, 15) is 0 Å². The number of hydrogen-bond acceptors (Lipinski definition) is 1. The topological polar surface area (TPSA) is 12.0 Å². The number of hydrogen-bond donors (Lipinski definition) is 1. The Hall–Kier alpha value is -0.820. The summed E-state index contributed by atoms with van der Waals surface area (Å²) in [5, 5.41) is 3.66. The van der Waals surface area contributed by atoms with Crippen LogP contribution in [0, 0.1) is 12.3 Å². The van der Waals surface area contributed by atoms with Crippen molar-refractivity contribution in [2.75, 3.05) is 6.54 Å². The van der Waals surface area contributed by atoms with Gasteiger partial charge in [0.15, 0.2) is 0 Å². The second kappa shape index (κ2) is 6.20. The van der Waals surface area contributed by atoms with Gasteiger partial charge in [-0.15, -0.1) is 0 Å². The Balaban J connectivity index is 2.51. The third kappa shape index (κ3) is 5.36. The zero-order valence-electron chi connectivity index (χ0n) is 12.0. The molecule has 0 aliphatic heterocycles. The van der Waals surface area contributed by atoms with Crippen molar-refractivity contribution in [1.82, 2.24) is 5.32 Å². The third-order valence-electron chi connectivity index (χ3n) is 3.15. The first-order chi connectivity index (χ1) is 7.92. The van der Waals surface area contributed by atoms with Crippen molar-refractivity contribution in [2.45, 2.75) is 53.5 Å². The highest BCUT2D eigenvalue weighted by Gasteiger charge is 2.12. The van der Waals surface area contributed by atoms with Crippen LogP contribution < -0.4 is 5.32 Å². The van der Waals surface area contributed by atoms with Gasteiger partial charge in [0.2, 0.25) is 0 Å². The molecule has 0 aromatic heterocycles. The van der Waals surface area contributed by atoms with Gasteiger partial charge in [-0.2, -0.15) is 0 Å². The predicted octanol–water partition coefficient (Wildman–Crippen LogP) is 4.47. The molecule has 0 amide bonds. The second-order valence-electron chi connectivity index (χ2n) is 6.14. The Morgan fingerprint density at radius 2 is 1.71 bits per heavy atom. The quantitative estimate of drug-likeness (QED) is 0.791. The standard InChI is InChI=1S/C16H27N/c1-6-15(17-12-11-16(3,4)5)14-9-7-13(2)8-10-14/h7-10,15,17H,6,11-12H2,1-5H3. The molecule has 17 heavy (non-hydrogen) atoms. The van der Waals surface area contributed by atoms with Crippen molar-refractivity contribution in [1.29, 1.82) is 0 Å². The number of rotatable bonds is 5. The minimum Gasteiger partial charge on any atom is -0.310 e. The zero-order valence-corrected chi connectivity index (χ0v) is 12.0. The molecule has 0 saturated carbocycles. The summed E-state index contributed by atoms with van der Waals surface area (Å²) in [5.41, 5.74) is 3.16. The predicted molar refractivity (Wildman–Crippen MR) is 76.3 cm³/mol. The van der Waals surface area contributed by atoms with Crippen molar-refractivity contribution >= 4 is 0 Å². The lowest BCUT2D eigenvalue weighted by Gasteiger charge is -2.22. The highest BCUT2D eigenvalue weighted by Crippen LogP contribution is 2.20. The van der Waals surface area contributed by atoms with Crippen LogP contribution in [-0.2, 0) is 0 Å². The average molecular weight is 233 g/mol. The van der Waals surface area contributed by atoms with E-state index in [1.807, 2.05) is 0 Å². The van der Waals surface area contributed by atoms with Gasteiger partial charge in [0.25, 0.3) is 0 Å². The molecule has 0 saturated heterocycles. The average Bonchev–Trinajstić information content (AvgIpc) is 2.24. The van der Waals surface area contributed by atoms with Crippen LogP contribution in [0.3, 0.4) is 0 Å². The first-order valence-corrected chi connectivity index (χ1v) is 6.72. The molecule has 1 unspecified atom stereocenters. The lowest BCUT2D eigenvalue weighted by molar-refractivity contribution is 0.352. The van der Waals surface area contributed by atoms with Crippen molar-refractivity contribution in [2.24, 2.45) is 5.41 Å². The smallest absolute Gasteiger partial charge is 0.0317 e. The Morgan fingerprint density at radius 3 is 2.18 bits per heavy atom. The van der Waals surface area contributed by atoms with Gasteiger partial charge in [0, 0.05) is 6.04 Å². The number of aryl methyl sites for hydroxylation is 1. The van der Waals surface area contributed by atoms with Gasteiger partial charge in [0.05, 0.1) is 0 Å². The van der Waals surface area contributed by atoms with Gasteiger partial charge in [-0.1, -0.05) is 57.5 Å². The summed E-state index contributed by atoms with van der Waals surface area (Å²) in [6, 6.07) is 9.38. The maximum absolute atomic E-state index is 3.66. The fourth-order valence-electron chi connectivity index (χ4n) is 1.92. The normalized spacial score (nSPS) is 13.7. The van der Waals surface area contributed by atoms with E-state index in [2.05, 4.69) is 64.2 Å². The summed E-state index contributed by atoms with van der Waals surface area (Å²) >= 11 is 0. The van der Waals surface area contributed by atoms with Crippen molar-refractivity contribution < 1.29 is 0 Å². The summed E-state index contributed by atoms with van der Waals surface area (Å²) in [5.74, 6) is 0. The van der Waals surface area contributed by atoms with E-state index >= 15 is 0 Å². The summed E-state index contributed by atoms with van der Waals surface area (Å²) in [6.07, 6.45) is 2.36. The van der Waals surface area contributed by atoms with Crippen LogP contribution in [0.1, 0.15) is 57.7 Å².